The molecule has 0 bridgehead atoms. The van der Waals surface area contributed by atoms with Crippen molar-refractivity contribution in [1.29, 1.82) is 0 Å². The lowest BCUT2D eigenvalue weighted by Gasteiger charge is -2.09. The maximum Gasteiger partial charge on any atom is 0.164 e. The molecule has 0 atom stereocenters. The van der Waals surface area contributed by atoms with E-state index in [1.165, 1.54) is 6.92 Å². The van der Waals surface area contributed by atoms with E-state index < -0.39 is 0 Å². The summed E-state index contributed by atoms with van der Waals surface area (Å²) < 4.78 is 0. The van der Waals surface area contributed by atoms with Crippen molar-refractivity contribution in [2.24, 2.45) is 4.99 Å². The first-order valence-corrected chi connectivity index (χ1v) is 3.98. The Morgan fingerprint density at radius 2 is 2.18 bits per heavy atom. The maximum absolute atomic E-state index is 10.9. The monoisotopic (exact) mass is 191 g/mol. The third kappa shape index (κ3) is 1.82. The van der Waals surface area contributed by atoms with Crippen molar-refractivity contribution in [3.05, 3.63) is 10.6 Å². The molecule has 0 saturated heterocycles. The molecule has 0 aromatic heterocycles. The van der Waals surface area contributed by atoms with Crippen LogP contribution in [-0.4, -0.2) is 17.5 Å². The number of hydrogen-bond acceptors (Lipinski definition) is 2. The molecule has 0 fully saturated rings. The van der Waals surface area contributed by atoms with Crippen LogP contribution in [0.4, 0.5) is 0 Å². The molecule has 0 amide bonds. The van der Waals surface area contributed by atoms with Gasteiger partial charge in [0.25, 0.3) is 0 Å². The largest absolute Gasteiger partial charge is 0.294 e. The molecule has 0 spiro atoms. The molecule has 0 aromatic carbocycles. The molecule has 2 nitrogen and oxygen atoms in total. The fraction of sp³-hybridized carbons (Fsp3) is 0.429. The summed E-state index contributed by atoms with van der Waals surface area (Å²) >= 11 is 11.4. The number of hydrogen-bond donors (Lipinski definition) is 0. The molecular formula is C7H7Cl2NO. The number of halogens is 2. The van der Waals surface area contributed by atoms with Gasteiger partial charge in [0.15, 0.2) is 5.78 Å². The van der Waals surface area contributed by atoms with Gasteiger partial charge in [-0.15, -0.1) is 0 Å². The predicted octanol–water partition coefficient (Wildman–Crippen LogP) is 2.11. The van der Waals surface area contributed by atoms with Crippen molar-refractivity contribution in [3.63, 3.8) is 0 Å². The summed E-state index contributed by atoms with van der Waals surface area (Å²) in [5.41, 5.74) is 0.375. The zero-order valence-corrected chi connectivity index (χ0v) is 7.54. The zero-order valence-electron chi connectivity index (χ0n) is 6.03. The van der Waals surface area contributed by atoms with Gasteiger partial charge in [-0.2, -0.15) is 0 Å². The lowest BCUT2D eigenvalue weighted by molar-refractivity contribution is -0.113. The van der Waals surface area contributed by atoms with Crippen molar-refractivity contribution in [2.45, 2.75) is 13.3 Å². The van der Waals surface area contributed by atoms with E-state index in [9.17, 15) is 4.79 Å². The molecule has 0 unspecified atom stereocenters. The number of rotatable bonds is 1. The van der Waals surface area contributed by atoms with Crippen molar-refractivity contribution in [1.82, 2.24) is 0 Å². The quantitative estimate of drug-likeness (QED) is 0.625. The second kappa shape index (κ2) is 3.37. The molecule has 11 heavy (non-hydrogen) atoms. The van der Waals surface area contributed by atoms with Gasteiger partial charge in [0.2, 0.25) is 0 Å². The van der Waals surface area contributed by atoms with E-state index in [1.807, 2.05) is 0 Å². The normalized spacial score (nSPS) is 18.3. The number of carbonyl (C=O) groups is 1. The van der Waals surface area contributed by atoms with E-state index in [-0.39, 0.29) is 11.0 Å². The third-order valence-corrected chi connectivity index (χ3v) is 2.10. The SMILES string of the molecule is CC(=O)C1=C(Cl)CCN=C1Cl. The van der Waals surface area contributed by atoms with Gasteiger partial charge in [-0.3, -0.25) is 9.79 Å². The van der Waals surface area contributed by atoms with E-state index in [1.54, 1.807) is 0 Å². The van der Waals surface area contributed by atoms with Gasteiger partial charge in [-0.1, -0.05) is 23.2 Å². The highest BCUT2D eigenvalue weighted by atomic mass is 35.5. The lowest BCUT2D eigenvalue weighted by atomic mass is 10.1. The molecule has 0 aromatic rings. The number of ketones is 1. The van der Waals surface area contributed by atoms with Crippen LogP contribution in [-0.2, 0) is 4.79 Å². The summed E-state index contributed by atoms with van der Waals surface area (Å²) in [6.07, 6.45) is 0.618. The Morgan fingerprint density at radius 1 is 1.55 bits per heavy atom. The van der Waals surface area contributed by atoms with Crippen LogP contribution in [0.2, 0.25) is 0 Å². The smallest absolute Gasteiger partial charge is 0.164 e. The highest BCUT2D eigenvalue weighted by Crippen LogP contribution is 2.22. The van der Waals surface area contributed by atoms with Crippen molar-refractivity contribution in [3.8, 4) is 0 Å². The third-order valence-electron chi connectivity index (χ3n) is 1.41. The van der Waals surface area contributed by atoms with Crippen LogP contribution < -0.4 is 0 Å². The van der Waals surface area contributed by atoms with Gasteiger partial charge in [0.1, 0.15) is 5.17 Å². The lowest BCUT2D eigenvalue weighted by Crippen LogP contribution is -2.11. The molecule has 1 rings (SSSR count). The summed E-state index contributed by atoms with van der Waals surface area (Å²) in [7, 11) is 0. The first-order valence-electron chi connectivity index (χ1n) is 3.23. The summed E-state index contributed by atoms with van der Waals surface area (Å²) in [6, 6.07) is 0. The predicted molar refractivity (Wildman–Crippen MR) is 46.3 cm³/mol. The molecule has 0 N–H and O–H groups in total. The summed E-state index contributed by atoms with van der Waals surface area (Å²) in [6.45, 7) is 2.01. The van der Waals surface area contributed by atoms with Crippen LogP contribution in [0, 0.1) is 0 Å². The Balaban J connectivity index is 3.04. The van der Waals surface area contributed by atoms with Gasteiger partial charge in [0, 0.05) is 18.0 Å². The number of allylic oxidation sites excluding steroid dienone is 1. The molecule has 0 saturated carbocycles. The van der Waals surface area contributed by atoms with Gasteiger partial charge in [-0.05, 0) is 6.92 Å². The first kappa shape index (κ1) is 8.75. The summed E-state index contributed by atoms with van der Waals surface area (Å²) in [5.74, 6) is -0.122. The van der Waals surface area contributed by atoms with Crippen LogP contribution in [0.5, 0.6) is 0 Å². The van der Waals surface area contributed by atoms with Crippen LogP contribution in [0.1, 0.15) is 13.3 Å². The minimum Gasteiger partial charge on any atom is -0.294 e. The number of Topliss-reactive ketones (excluding diaryl/α,β-unsaturated/α-hetero) is 1. The molecule has 0 radical (unpaired) electrons. The number of nitrogens with zero attached hydrogens (tertiary/aromatic N) is 1. The number of dihydropyridines is 1. The average molecular weight is 192 g/mol. The molecule has 1 aliphatic rings. The Bertz CT molecular complexity index is 255. The van der Waals surface area contributed by atoms with E-state index >= 15 is 0 Å². The van der Waals surface area contributed by atoms with Gasteiger partial charge < -0.3 is 0 Å². The Hall–Kier alpha value is -0.340. The second-order valence-electron chi connectivity index (χ2n) is 2.26. The van der Waals surface area contributed by atoms with Crippen molar-refractivity contribution in [2.75, 3.05) is 6.54 Å². The maximum atomic E-state index is 10.9. The van der Waals surface area contributed by atoms with Gasteiger partial charge in [-0.25, -0.2) is 0 Å². The second-order valence-corrected chi connectivity index (χ2v) is 3.07. The van der Waals surface area contributed by atoms with E-state index in [4.69, 9.17) is 23.2 Å². The highest BCUT2D eigenvalue weighted by Gasteiger charge is 2.17. The van der Waals surface area contributed by atoms with E-state index in [0.717, 1.165) is 0 Å². The first-order chi connectivity index (χ1) is 5.13. The zero-order chi connectivity index (χ0) is 8.43. The van der Waals surface area contributed by atoms with Crippen LogP contribution >= 0.6 is 23.2 Å². The molecular weight excluding hydrogens is 185 g/mol. The fourth-order valence-electron chi connectivity index (χ4n) is 0.904. The Kier molecular flexibility index (Phi) is 2.68. The fourth-order valence-corrected chi connectivity index (χ4v) is 1.59. The Labute approximate surface area is 74.9 Å². The molecule has 1 aliphatic heterocycles. The van der Waals surface area contributed by atoms with Crippen molar-refractivity contribution < 1.29 is 4.79 Å². The summed E-state index contributed by atoms with van der Waals surface area (Å²) in [4.78, 5) is 14.8. The molecule has 0 aliphatic carbocycles. The van der Waals surface area contributed by atoms with Crippen LogP contribution in [0.3, 0.4) is 0 Å². The van der Waals surface area contributed by atoms with E-state index in [0.29, 0.717) is 23.6 Å². The molecule has 4 heteroatoms. The van der Waals surface area contributed by atoms with Crippen LogP contribution in [0.15, 0.2) is 15.6 Å². The summed E-state index contributed by atoms with van der Waals surface area (Å²) in [5, 5.41) is 0.770. The van der Waals surface area contributed by atoms with Crippen LogP contribution in [0.25, 0.3) is 0 Å². The van der Waals surface area contributed by atoms with Gasteiger partial charge in [0.05, 0.1) is 5.57 Å². The molecule has 1 heterocycles. The number of carbonyl (C=O) groups excluding carboxylic acids is 1. The van der Waals surface area contributed by atoms with Gasteiger partial charge >= 0.3 is 0 Å². The van der Waals surface area contributed by atoms with E-state index in [2.05, 4.69) is 4.99 Å². The number of aliphatic imine (C=N–C) groups is 1. The standard InChI is InChI=1S/C7H7Cl2NO/c1-4(11)6-5(8)2-3-10-7(6)9/h2-3H2,1H3. The minimum atomic E-state index is -0.122. The molecule has 60 valence electrons. The Morgan fingerprint density at radius 3 is 2.55 bits per heavy atom. The average Bonchev–Trinajstić information content (AvgIpc) is 1.85. The topological polar surface area (TPSA) is 29.4 Å². The highest BCUT2D eigenvalue weighted by molar-refractivity contribution is 6.73. The van der Waals surface area contributed by atoms with Crippen molar-refractivity contribution >= 4 is 34.2 Å². The minimum absolute atomic E-state index is 0.122.